The zero-order valence-electron chi connectivity index (χ0n) is 18.1. The molecular weight excluding hydrogens is 422 g/mol. The van der Waals surface area contributed by atoms with Gasteiger partial charge in [-0.3, -0.25) is 4.57 Å². The Morgan fingerprint density at radius 3 is 2.47 bits per heavy atom. The van der Waals surface area contributed by atoms with Gasteiger partial charge in [0, 0.05) is 16.1 Å². The Hall–Kier alpha value is -3.64. The highest BCUT2D eigenvalue weighted by Crippen LogP contribution is 2.31. The van der Waals surface area contributed by atoms with E-state index in [1.807, 2.05) is 61.3 Å². The van der Waals surface area contributed by atoms with Crippen molar-refractivity contribution in [2.45, 2.75) is 20.4 Å². The minimum atomic E-state index is 0.536. The fraction of sp³-hybridized carbons (Fsp3) is 0.160. The molecular formula is C25H22ClN5O. The molecule has 4 aromatic rings. The van der Waals surface area contributed by atoms with Gasteiger partial charge in [0.25, 0.3) is 5.95 Å². The molecule has 0 bridgehead atoms. The minimum Gasteiger partial charge on any atom is -0.496 e. The van der Waals surface area contributed by atoms with Gasteiger partial charge in [-0.2, -0.15) is 5.10 Å². The van der Waals surface area contributed by atoms with Crippen LogP contribution < -0.4 is 9.75 Å². The molecule has 0 fully saturated rings. The van der Waals surface area contributed by atoms with Crippen LogP contribution in [0.25, 0.3) is 5.69 Å². The van der Waals surface area contributed by atoms with Crippen LogP contribution in [0.1, 0.15) is 28.1 Å². The van der Waals surface area contributed by atoms with Gasteiger partial charge in [0.05, 0.1) is 19.3 Å². The standard InChI is InChI=1S/C25H22ClN5O/c1-16-14-18(8-13-23(16)32-3)15-30-25-28-27-17(2)31(25)22-7-5-4-6-21(22)24(29-30)19-9-11-20(26)12-10-19/h4-14H,15H2,1-3H3. The van der Waals surface area contributed by atoms with Crippen molar-refractivity contribution in [2.75, 3.05) is 12.1 Å². The van der Waals surface area contributed by atoms with Crippen LogP contribution in [0, 0.1) is 13.8 Å². The van der Waals surface area contributed by atoms with Gasteiger partial charge >= 0.3 is 0 Å². The molecule has 5 rings (SSSR count). The van der Waals surface area contributed by atoms with Gasteiger partial charge in [-0.1, -0.05) is 54.1 Å². The minimum absolute atomic E-state index is 0.536. The quantitative estimate of drug-likeness (QED) is 0.428. The predicted octanol–water partition coefficient (Wildman–Crippen LogP) is 5.32. The summed E-state index contributed by atoms with van der Waals surface area (Å²) in [7, 11) is 1.68. The van der Waals surface area contributed by atoms with Crippen molar-refractivity contribution >= 4 is 23.3 Å². The largest absolute Gasteiger partial charge is 0.496 e. The summed E-state index contributed by atoms with van der Waals surface area (Å²) < 4.78 is 7.47. The van der Waals surface area contributed by atoms with Crippen molar-refractivity contribution in [3.8, 4) is 11.4 Å². The molecule has 6 nitrogen and oxygen atoms in total. The highest BCUT2D eigenvalue weighted by Gasteiger charge is 2.26. The molecule has 32 heavy (non-hydrogen) atoms. The normalized spacial score (nSPS) is 12.6. The van der Waals surface area contributed by atoms with Gasteiger partial charge < -0.3 is 4.74 Å². The number of anilines is 1. The molecule has 160 valence electrons. The highest BCUT2D eigenvalue weighted by molar-refractivity contribution is 6.30. The molecule has 0 spiro atoms. The van der Waals surface area contributed by atoms with Crippen molar-refractivity contribution in [1.29, 1.82) is 0 Å². The van der Waals surface area contributed by atoms with Crippen molar-refractivity contribution in [3.05, 3.63) is 99.8 Å². The van der Waals surface area contributed by atoms with Gasteiger partial charge in [0.2, 0.25) is 0 Å². The van der Waals surface area contributed by atoms with E-state index in [2.05, 4.69) is 39.0 Å². The molecule has 0 amide bonds. The number of benzene rings is 3. The van der Waals surface area contributed by atoms with Crippen molar-refractivity contribution in [2.24, 2.45) is 5.10 Å². The molecule has 0 atom stereocenters. The number of rotatable bonds is 4. The van der Waals surface area contributed by atoms with Crippen molar-refractivity contribution in [1.82, 2.24) is 14.8 Å². The Balaban J connectivity index is 1.69. The monoisotopic (exact) mass is 443 g/mol. The molecule has 0 unspecified atom stereocenters. The maximum absolute atomic E-state index is 6.15. The lowest BCUT2D eigenvalue weighted by Gasteiger charge is -2.18. The smallest absolute Gasteiger partial charge is 0.252 e. The van der Waals surface area contributed by atoms with Gasteiger partial charge in [0.1, 0.15) is 17.3 Å². The van der Waals surface area contributed by atoms with Crippen molar-refractivity contribution in [3.63, 3.8) is 0 Å². The van der Waals surface area contributed by atoms with E-state index < -0.39 is 0 Å². The number of aryl methyl sites for hydroxylation is 2. The number of para-hydroxylation sites is 1. The van der Waals surface area contributed by atoms with Crippen LogP contribution >= 0.6 is 11.6 Å². The molecule has 2 heterocycles. The first-order chi connectivity index (χ1) is 15.5. The first-order valence-electron chi connectivity index (χ1n) is 10.3. The lowest BCUT2D eigenvalue weighted by Crippen LogP contribution is -2.20. The first-order valence-corrected chi connectivity index (χ1v) is 10.7. The van der Waals surface area contributed by atoms with Crippen LogP contribution in [-0.2, 0) is 6.54 Å². The zero-order valence-corrected chi connectivity index (χ0v) is 18.8. The first kappa shape index (κ1) is 20.3. The molecule has 0 radical (unpaired) electrons. The fourth-order valence-corrected chi connectivity index (χ4v) is 4.15. The number of fused-ring (bicyclic) bond motifs is 3. The third-order valence-corrected chi connectivity index (χ3v) is 5.82. The van der Waals surface area contributed by atoms with Crippen LogP contribution in [0.15, 0.2) is 71.8 Å². The fourth-order valence-electron chi connectivity index (χ4n) is 4.03. The number of aromatic nitrogens is 3. The number of methoxy groups -OCH3 is 1. The zero-order chi connectivity index (χ0) is 22.2. The van der Waals surface area contributed by atoms with E-state index in [0.717, 1.165) is 45.2 Å². The summed E-state index contributed by atoms with van der Waals surface area (Å²) in [4.78, 5) is 0. The highest BCUT2D eigenvalue weighted by atomic mass is 35.5. The summed E-state index contributed by atoms with van der Waals surface area (Å²) in [6.45, 7) is 4.53. The molecule has 1 aliphatic rings. The summed E-state index contributed by atoms with van der Waals surface area (Å²) >= 11 is 6.15. The number of hydrazone groups is 1. The summed E-state index contributed by atoms with van der Waals surface area (Å²) in [6, 6.07) is 22.1. The van der Waals surface area contributed by atoms with E-state index in [9.17, 15) is 0 Å². The van der Waals surface area contributed by atoms with E-state index in [0.29, 0.717) is 17.5 Å². The Kier molecular flexibility index (Phi) is 5.15. The second-order valence-electron chi connectivity index (χ2n) is 7.72. The number of hydrogen-bond acceptors (Lipinski definition) is 5. The Morgan fingerprint density at radius 2 is 1.72 bits per heavy atom. The number of nitrogens with zero attached hydrogens (tertiary/aromatic N) is 5. The molecule has 0 aliphatic carbocycles. The SMILES string of the molecule is COc1ccc(CN2N=C(c3ccc(Cl)cc3)c3ccccc3-n3c(C)nnc32)cc1C. The van der Waals surface area contributed by atoms with E-state index >= 15 is 0 Å². The Bertz CT molecular complexity index is 1330. The van der Waals surface area contributed by atoms with E-state index in [4.69, 9.17) is 21.4 Å². The van der Waals surface area contributed by atoms with Crippen LogP contribution in [0.5, 0.6) is 5.75 Å². The number of ether oxygens (including phenoxy) is 1. The van der Waals surface area contributed by atoms with Crippen LogP contribution in [-0.4, -0.2) is 27.6 Å². The van der Waals surface area contributed by atoms with Gasteiger partial charge in [-0.15, -0.1) is 10.2 Å². The molecule has 1 aromatic heterocycles. The molecule has 0 saturated carbocycles. The second-order valence-corrected chi connectivity index (χ2v) is 8.15. The lowest BCUT2D eigenvalue weighted by atomic mass is 10.0. The number of hydrogen-bond donors (Lipinski definition) is 0. The van der Waals surface area contributed by atoms with Crippen LogP contribution in [0.3, 0.4) is 0 Å². The third kappa shape index (κ3) is 3.52. The lowest BCUT2D eigenvalue weighted by molar-refractivity contribution is 0.411. The summed E-state index contributed by atoms with van der Waals surface area (Å²) in [5, 5.41) is 16.5. The molecule has 0 N–H and O–H groups in total. The van der Waals surface area contributed by atoms with E-state index in [1.165, 1.54) is 0 Å². The van der Waals surface area contributed by atoms with E-state index in [-0.39, 0.29) is 0 Å². The van der Waals surface area contributed by atoms with Crippen LogP contribution in [0.4, 0.5) is 5.95 Å². The molecule has 0 saturated heterocycles. The topological polar surface area (TPSA) is 55.5 Å². The van der Waals surface area contributed by atoms with Gasteiger partial charge in [-0.05, 0) is 49.2 Å². The molecule has 7 heteroatoms. The summed E-state index contributed by atoms with van der Waals surface area (Å²) in [6.07, 6.45) is 0. The Morgan fingerprint density at radius 1 is 0.938 bits per heavy atom. The molecule has 1 aliphatic heterocycles. The summed E-state index contributed by atoms with van der Waals surface area (Å²) in [5.41, 5.74) is 6.00. The number of halogens is 1. The maximum Gasteiger partial charge on any atom is 0.252 e. The molecule has 3 aromatic carbocycles. The maximum atomic E-state index is 6.15. The average molecular weight is 444 g/mol. The second kappa shape index (κ2) is 8.13. The predicted molar refractivity (Wildman–Crippen MR) is 127 cm³/mol. The van der Waals surface area contributed by atoms with Crippen molar-refractivity contribution < 1.29 is 4.74 Å². The Labute approximate surface area is 191 Å². The van der Waals surface area contributed by atoms with Gasteiger partial charge in [0.15, 0.2) is 0 Å². The van der Waals surface area contributed by atoms with E-state index in [1.54, 1.807) is 7.11 Å². The van der Waals surface area contributed by atoms with Gasteiger partial charge in [-0.25, -0.2) is 5.01 Å². The summed E-state index contributed by atoms with van der Waals surface area (Å²) in [5.74, 6) is 2.34. The third-order valence-electron chi connectivity index (χ3n) is 5.57. The average Bonchev–Trinajstić information content (AvgIpc) is 3.12. The van der Waals surface area contributed by atoms with Crippen LogP contribution in [0.2, 0.25) is 5.02 Å².